The summed E-state index contributed by atoms with van der Waals surface area (Å²) in [5.41, 5.74) is 52.9. The number of nitrogens with zero attached hydrogens (tertiary/aromatic N) is 16. The Labute approximate surface area is 585 Å². The van der Waals surface area contributed by atoms with Crippen molar-refractivity contribution in [3.63, 3.8) is 0 Å². The van der Waals surface area contributed by atoms with Crippen LogP contribution in [-0.4, -0.2) is 300 Å². The molecule has 0 aliphatic carbocycles. The first-order valence-electron chi connectivity index (χ1n) is 31.2. The number of ketones is 1. The largest absolute Gasteiger partial charge is 0.467 e. The maximum atomic E-state index is 12.2. The number of nitrogens with two attached hydrogens (primary N) is 9. The van der Waals surface area contributed by atoms with Crippen LogP contribution in [0.25, 0.3) is 44.7 Å². The molecular formula is C54H76F3N27O21. The molecule has 4 aliphatic heterocycles. The normalized spacial score (nSPS) is 25.7. The standard InChI is InChI=1S/C17H22F3N7O6.C14H22N8O5.C13H18N6O6.C10H14N6O4/c18-17(19,20)8(29)2-1-3-23-9(30)5-32-12-11(31)7(4-28)33-15(12)27-6-24-10-13(21)25-16(22)26-14(10)27;15-1-2-18-7(24)4-26-10-9(25)6(3-23)27-13(10)22-5-19-8-11(16)20-14(17)21-12(8)22;1-23-6(21)3-24-9-8(22)5(2-20)25-12(9)19-4-16-7-10(14)17-13(15)18-11(7)19;11-7-4-8(15-10(12)14-7)16(2-13-4)9-6(19)5(18)3(1-17)20-9/h6-7,11-12,15,28,31H,1-5H2,(H,23,30)(H4,21,22,25,26);5-6,9-10,13,23,25H,1-4,15H2,(H,18,24)(H4,16,17,20,21);4-5,8-9,12,20,22H,2-3H2,1H3,(H4,14,15,17,18);2-3,5-6,9,17-19H,1H2,(H4,11,12,14,15)/t7-,11?,12+,15-;6-,9?,10+,13-;5-,8?,9+,12-;3-,5?,6+,9-/m1111/s1. The van der Waals surface area contributed by atoms with E-state index in [4.69, 9.17) is 89.9 Å². The van der Waals surface area contributed by atoms with E-state index in [0.29, 0.717) is 29.6 Å². The van der Waals surface area contributed by atoms with Gasteiger partial charge in [0, 0.05) is 26.1 Å². The SMILES string of the molecule is COC(=O)CO[C@H]1C(O)[C@@H](CO)O[C@H]1n1cnc2c(N)nc(N)nc21.NCCNC(=O)CO[C@H]1C(O)[C@@H](CO)O[C@H]1n1cnc2c(N)nc(N)nc21.Nc1nc(N)c2ncn([C@@H]3O[C@H](CO)C(O)[C@@H]3O)c2n1.Nc1nc(N)c2ncn([C@@H]3O[C@H](CO)C(O)[C@@H]3OCC(=O)NCCCC(=O)C(F)(F)F)c2n1. The van der Waals surface area contributed by atoms with Crippen LogP contribution in [0.4, 0.5) is 60.2 Å². The maximum absolute atomic E-state index is 12.2. The number of hydrogen-bond donors (Lipinski definition) is 20. The van der Waals surface area contributed by atoms with E-state index < -0.39 is 174 Å². The predicted molar refractivity (Wildman–Crippen MR) is 347 cm³/mol. The average Bonchev–Trinajstić information content (AvgIpc) is 1.65. The van der Waals surface area contributed by atoms with Gasteiger partial charge in [-0.1, -0.05) is 0 Å². The summed E-state index contributed by atoms with van der Waals surface area (Å²) in [6.45, 7) is -2.76. The van der Waals surface area contributed by atoms with Gasteiger partial charge in [-0.3, -0.25) is 32.7 Å². The third-order valence-electron chi connectivity index (χ3n) is 16.1. The van der Waals surface area contributed by atoms with Gasteiger partial charge >= 0.3 is 12.1 Å². The van der Waals surface area contributed by atoms with Gasteiger partial charge in [0.15, 0.2) is 70.8 Å². The van der Waals surface area contributed by atoms with Crippen molar-refractivity contribution in [1.29, 1.82) is 0 Å². The minimum atomic E-state index is -4.91. The Morgan fingerprint density at radius 1 is 0.467 bits per heavy atom. The summed E-state index contributed by atoms with van der Waals surface area (Å²) in [7, 11) is 1.22. The number of hydrogen-bond acceptors (Lipinski definition) is 42. The molecule has 0 spiro atoms. The lowest BCUT2D eigenvalue weighted by atomic mass is 10.1. The lowest BCUT2D eigenvalue weighted by molar-refractivity contribution is -0.171. The van der Waals surface area contributed by atoms with Crippen molar-refractivity contribution in [3.8, 4) is 0 Å². The molecule has 0 bridgehead atoms. The molecule has 12 rings (SSSR count). The van der Waals surface area contributed by atoms with Crippen molar-refractivity contribution in [2.24, 2.45) is 5.73 Å². The molecule has 4 fully saturated rings. The fraction of sp³-hybridized carbons (Fsp3) is 0.556. The summed E-state index contributed by atoms with van der Waals surface area (Å²) in [5, 5.41) is 93.2. The molecule has 4 saturated heterocycles. The number of esters is 1. The van der Waals surface area contributed by atoms with Crippen molar-refractivity contribution >= 4 is 115 Å². The van der Waals surface area contributed by atoms with E-state index in [0.717, 1.165) is 0 Å². The Kier molecular flexibility index (Phi) is 25.7. The lowest BCUT2D eigenvalue weighted by Crippen LogP contribution is -2.39. The van der Waals surface area contributed by atoms with Gasteiger partial charge < -0.3 is 146 Å². The van der Waals surface area contributed by atoms with E-state index in [1.165, 1.54) is 50.7 Å². The highest BCUT2D eigenvalue weighted by atomic mass is 19.4. The number of Topliss-reactive ketones (excluding diaryl/α,β-unsaturated/α-hetero) is 1. The number of amides is 2. The summed E-state index contributed by atoms with van der Waals surface area (Å²) in [6.07, 6.45) is -17.4. The molecule has 51 heteroatoms. The summed E-state index contributed by atoms with van der Waals surface area (Å²) >= 11 is 0. The second-order valence-corrected chi connectivity index (χ2v) is 23.0. The van der Waals surface area contributed by atoms with Crippen LogP contribution in [0.15, 0.2) is 25.3 Å². The van der Waals surface area contributed by atoms with E-state index in [-0.39, 0.29) is 94.7 Å². The fourth-order valence-electron chi connectivity index (χ4n) is 11.0. The van der Waals surface area contributed by atoms with Crippen LogP contribution in [0.3, 0.4) is 0 Å². The summed E-state index contributed by atoms with van der Waals surface area (Å²) in [6, 6.07) is 0. The number of rotatable bonds is 23. The number of aliphatic hydroxyl groups excluding tert-OH is 9. The average molecular weight is 1500 g/mol. The highest BCUT2D eigenvalue weighted by Gasteiger charge is 2.50. The highest BCUT2D eigenvalue weighted by molar-refractivity contribution is 5.86. The zero-order valence-electron chi connectivity index (χ0n) is 54.9. The molecule has 0 aromatic carbocycles. The number of anilines is 8. The molecule has 8 aromatic heterocycles. The molecule has 574 valence electrons. The third kappa shape index (κ3) is 17.6. The second kappa shape index (κ2) is 34.1. The van der Waals surface area contributed by atoms with Crippen LogP contribution in [0.5, 0.6) is 0 Å². The minimum Gasteiger partial charge on any atom is -0.467 e. The summed E-state index contributed by atoms with van der Waals surface area (Å²) in [5.74, 6) is -3.59. The number of nitrogens with one attached hydrogen (secondary N) is 2. The molecule has 8 aromatic rings. The molecular weight excluding hydrogens is 1420 g/mol. The molecule has 16 atom stereocenters. The highest BCUT2D eigenvalue weighted by Crippen LogP contribution is 2.38. The van der Waals surface area contributed by atoms with Crippen LogP contribution in [0.2, 0.25) is 0 Å². The molecule has 2 amide bonds. The molecule has 48 nitrogen and oxygen atoms in total. The van der Waals surface area contributed by atoms with Gasteiger partial charge in [-0.2, -0.15) is 53.0 Å². The van der Waals surface area contributed by atoms with Gasteiger partial charge in [0.1, 0.15) is 115 Å². The smallest absolute Gasteiger partial charge is 0.449 e. The monoisotopic (exact) mass is 1500 g/mol. The Morgan fingerprint density at radius 2 is 0.771 bits per heavy atom. The number of carbonyl (C=O) groups is 4. The predicted octanol–water partition coefficient (Wildman–Crippen LogP) is -9.24. The van der Waals surface area contributed by atoms with Crippen LogP contribution < -0.4 is 62.2 Å². The zero-order chi connectivity index (χ0) is 76.5. The van der Waals surface area contributed by atoms with Crippen LogP contribution in [-0.2, 0) is 57.1 Å². The lowest BCUT2D eigenvalue weighted by Gasteiger charge is -2.22. The van der Waals surface area contributed by atoms with Gasteiger partial charge in [0.05, 0.1) is 58.8 Å². The quantitative estimate of drug-likeness (QED) is 0.0209. The van der Waals surface area contributed by atoms with Gasteiger partial charge in [-0.25, -0.2) is 24.7 Å². The molecule has 4 aliphatic rings. The molecule has 4 unspecified atom stereocenters. The van der Waals surface area contributed by atoms with Gasteiger partial charge in [-0.05, 0) is 6.42 Å². The van der Waals surface area contributed by atoms with Crippen LogP contribution in [0, 0.1) is 0 Å². The molecule has 0 radical (unpaired) electrons. The van der Waals surface area contributed by atoms with E-state index in [2.05, 4.69) is 75.2 Å². The number of carbonyl (C=O) groups excluding carboxylic acids is 4. The number of fused-ring (bicyclic) bond motifs is 4. The Morgan fingerprint density at radius 3 is 1.08 bits per heavy atom. The minimum absolute atomic E-state index is 0.00866. The van der Waals surface area contributed by atoms with E-state index >= 15 is 0 Å². The van der Waals surface area contributed by atoms with E-state index in [9.17, 15) is 73.2 Å². The van der Waals surface area contributed by atoms with Gasteiger partial charge in [-0.15, -0.1) is 0 Å². The number of alkyl halides is 3. The number of halogens is 3. The number of nitrogen functional groups attached to an aromatic ring is 8. The fourth-order valence-corrected chi connectivity index (χ4v) is 11.0. The van der Waals surface area contributed by atoms with Crippen molar-refractivity contribution in [2.75, 3.05) is 119 Å². The van der Waals surface area contributed by atoms with Crippen LogP contribution >= 0.6 is 0 Å². The van der Waals surface area contributed by atoms with Crippen LogP contribution in [0.1, 0.15) is 37.8 Å². The number of imidazole rings is 4. The van der Waals surface area contributed by atoms with Crippen molar-refractivity contribution in [1.82, 2.24) is 88.7 Å². The Hall–Kier alpha value is -10.2. The number of aromatic nitrogens is 16. The Balaban J connectivity index is 0.000000164. The molecule has 29 N–H and O–H groups in total. The topological polar surface area (TPSA) is 757 Å². The summed E-state index contributed by atoms with van der Waals surface area (Å²) in [4.78, 5) is 93.8. The number of aliphatic hydroxyl groups is 9. The first-order chi connectivity index (χ1) is 50.0. The molecule has 12 heterocycles. The third-order valence-corrected chi connectivity index (χ3v) is 16.1. The second-order valence-electron chi connectivity index (χ2n) is 23.0. The first kappa shape index (κ1) is 78.9. The maximum Gasteiger partial charge on any atom is 0.449 e. The zero-order valence-corrected chi connectivity index (χ0v) is 54.9. The van der Waals surface area contributed by atoms with Gasteiger partial charge in [0.2, 0.25) is 41.4 Å². The van der Waals surface area contributed by atoms with Crippen molar-refractivity contribution < 1.29 is 116 Å². The van der Waals surface area contributed by atoms with E-state index in [1.54, 1.807) is 0 Å². The van der Waals surface area contributed by atoms with E-state index in [1.807, 2.05) is 0 Å². The molecule has 105 heavy (non-hydrogen) atoms. The number of methoxy groups -OCH3 is 1. The first-order valence-corrected chi connectivity index (χ1v) is 31.2. The Bertz CT molecular complexity index is 4330. The van der Waals surface area contributed by atoms with Crippen molar-refractivity contribution in [2.45, 2.75) is 117 Å². The van der Waals surface area contributed by atoms with Crippen molar-refractivity contribution in [3.05, 3.63) is 25.3 Å². The molecule has 0 saturated carbocycles. The number of ether oxygens (including phenoxy) is 8. The van der Waals surface area contributed by atoms with Gasteiger partial charge in [0.25, 0.3) is 0 Å². The summed E-state index contributed by atoms with van der Waals surface area (Å²) < 4.78 is 85.6.